The van der Waals surface area contributed by atoms with Gasteiger partial charge in [-0.1, -0.05) is 24.3 Å². The van der Waals surface area contributed by atoms with Crippen LogP contribution in [-0.2, 0) is 6.42 Å². The minimum Gasteiger partial charge on any atom is -0.354 e. The van der Waals surface area contributed by atoms with E-state index < -0.39 is 0 Å². The molecule has 2 aromatic carbocycles. The number of nitrogens with one attached hydrogen (secondary N) is 1. The molecule has 1 heterocycles. The zero-order valence-corrected chi connectivity index (χ0v) is 15.9. The van der Waals surface area contributed by atoms with Gasteiger partial charge in [-0.05, 0) is 70.7 Å². The van der Waals surface area contributed by atoms with Gasteiger partial charge in [0.2, 0.25) is 0 Å². The van der Waals surface area contributed by atoms with Crippen molar-refractivity contribution < 1.29 is 0 Å². The van der Waals surface area contributed by atoms with E-state index in [0.29, 0.717) is 12.1 Å². The molecule has 1 aromatic heterocycles. The van der Waals surface area contributed by atoms with Crippen molar-refractivity contribution in [2.75, 3.05) is 6.54 Å². The van der Waals surface area contributed by atoms with Crippen LogP contribution < -0.4 is 0 Å². The zero-order chi connectivity index (χ0) is 17.4. The van der Waals surface area contributed by atoms with Crippen LogP contribution in [0.25, 0.3) is 21.8 Å². The number of aromatic amines is 1. The topological polar surface area (TPSA) is 19.0 Å². The van der Waals surface area contributed by atoms with Crippen LogP contribution in [0.15, 0.2) is 30.3 Å². The molecular weight excluding hydrogens is 292 g/mol. The maximum Gasteiger partial charge on any atom is 0.0497 e. The Bertz CT molecular complexity index is 847. The first-order chi connectivity index (χ1) is 11.4. The van der Waals surface area contributed by atoms with E-state index in [1.54, 1.807) is 0 Å². The first-order valence-corrected chi connectivity index (χ1v) is 9.15. The molecule has 2 nitrogen and oxygen atoms in total. The fraction of sp³-hybridized carbons (Fsp3) is 0.455. The molecule has 24 heavy (non-hydrogen) atoms. The second-order valence-electron chi connectivity index (χ2n) is 7.59. The minimum absolute atomic E-state index is 0.580. The summed E-state index contributed by atoms with van der Waals surface area (Å²) in [6.45, 7) is 14.7. The Morgan fingerprint density at radius 1 is 0.875 bits per heavy atom. The number of fused-ring (bicyclic) bond motifs is 3. The van der Waals surface area contributed by atoms with Gasteiger partial charge >= 0.3 is 0 Å². The summed E-state index contributed by atoms with van der Waals surface area (Å²) in [6.07, 6.45) is 1.09. The molecule has 3 rings (SSSR count). The zero-order valence-electron chi connectivity index (χ0n) is 15.9. The highest BCUT2D eigenvalue weighted by Crippen LogP contribution is 2.33. The number of aromatic nitrogens is 1. The van der Waals surface area contributed by atoms with E-state index in [9.17, 15) is 0 Å². The van der Waals surface area contributed by atoms with Crippen molar-refractivity contribution in [3.63, 3.8) is 0 Å². The van der Waals surface area contributed by atoms with Crippen LogP contribution in [0.3, 0.4) is 0 Å². The van der Waals surface area contributed by atoms with Crippen molar-refractivity contribution in [1.29, 1.82) is 0 Å². The second-order valence-corrected chi connectivity index (χ2v) is 7.59. The first kappa shape index (κ1) is 17.0. The Morgan fingerprint density at radius 3 is 2.21 bits per heavy atom. The number of H-pyrrole nitrogens is 1. The largest absolute Gasteiger partial charge is 0.354 e. The van der Waals surface area contributed by atoms with Gasteiger partial charge in [0.25, 0.3) is 0 Å². The predicted molar refractivity (Wildman–Crippen MR) is 106 cm³/mol. The molecule has 0 bridgehead atoms. The highest BCUT2D eigenvalue weighted by Gasteiger charge is 2.16. The van der Waals surface area contributed by atoms with Crippen LogP contribution in [-0.4, -0.2) is 28.5 Å². The quantitative estimate of drug-likeness (QED) is 0.648. The van der Waals surface area contributed by atoms with Crippen molar-refractivity contribution in [1.82, 2.24) is 9.88 Å². The number of nitrogens with zero attached hydrogens (tertiary/aromatic N) is 1. The molecule has 0 amide bonds. The molecule has 0 saturated carbocycles. The summed E-state index contributed by atoms with van der Waals surface area (Å²) in [4.78, 5) is 6.22. The summed E-state index contributed by atoms with van der Waals surface area (Å²) in [5.74, 6) is 0. The third-order valence-electron chi connectivity index (χ3n) is 5.25. The van der Waals surface area contributed by atoms with Crippen molar-refractivity contribution in [3.8, 4) is 0 Å². The third-order valence-corrected chi connectivity index (χ3v) is 5.25. The normalized spacial score (nSPS) is 12.4. The SMILES string of the molecule is Cc1ccc(C)c2c1[nH]c1cccc(CCN(C(C)C)C(C)C)c12. The number of hydrogen-bond acceptors (Lipinski definition) is 1. The smallest absolute Gasteiger partial charge is 0.0497 e. The molecule has 1 N–H and O–H groups in total. The lowest BCUT2D eigenvalue weighted by atomic mass is 9.99. The van der Waals surface area contributed by atoms with Gasteiger partial charge in [0.15, 0.2) is 0 Å². The Balaban J connectivity index is 2.07. The van der Waals surface area contributed by atoms with Gasteiger partial charge in [0.05, 0.1) is 0 Å². The van der Waals surface area contributed by atoms with E-state index in [1.165, 1.54) is 38.5 Å². The van der Waals surface area contributed by atoms with Crippen LogP contribution in [0.4, 0.5) is 0 Å². The van der Waals surface area contributed by atoms with Crippen molar-refractivity contribution in [2.45, 2.75) is 60.0 Å². The van der Waals surface area contributed by atoms with E-state index >= 15 is 0 Å². The molecule has 128 valence electrons. The Kier molecular flexibility index (Phi) is 4.69. The lowest BCUT2D eigenvalue weighted by molar-refractivity contribution is 0.177. The summed E-state index contributed by atoms with van der Waals surface area (Å²) in [5, 5.41) is 2.82. The van der Waals surface area contributed by atoms with E-state index in [0.717, 1.165) is 13.0 Å². The van der Waals surface area contributed by atoms with Crippen LogP contribution >= 0.6 is 0 Å². The molecule has 0 unspecified atom stereocenters. The molecule has 0 saturated heterocycles. The first-order valence-electron chi connectivity index (χ1n) is 9.15. The summed E-state index contributed by atoms with van der Waals surface area (Å²) in [5.41, 5.74) is 6.70. The monoisotopic (exact) mass is 322 g/mol. The van der Waals surface area contributed by atoms with Gasteiger partial charge in [0.1, 0.15) is 0 Å². The average molecular weight is 322 g/mol. The maximum atomic E-state index is 3.65. The molecule has 0 atom stereocenters. The molecule has 0 spiro atoms. The Morgan fingerprint density at radius 2 is 1.54 bits per heavy atom. The van der Waals surface area contributed by atoms with E-state index in [1.807, 2.05) is 0 Å². The van der Waals surface area contributed by atoms with Gasteiger partial charge in [-0.25, -0.2) is 0 Å². The van der Waals surface area contributed by atoms with Crippen LogP contribution in [0.1, 0.15) is 44.4 Å². The maximum absolute atomic E-state index is 3.65. The van der Waals surface area contributed by atoms with Gasteiger partial charge in [0, 0.05) is 40.4 Å². The molecule has 3 aromatic rings. The summed E-state index contributed by atoms with van der Waals surface area (Å²) < 4.78 is 0. The van der Waals surface area contributed by atoms with Gasteiger partial charge < -0.3 is 4.98 Å². The summed E-state index contributed by atoms with van der Waals surface area (Å²) >= 11 is 0. The van der Waals surface area contributed by atoms with E-state index in [2.05, 4.69) is 81.8 Å². The van der Waals surface area contributed by atoms with Crippen molar-refractivity contribution in [2.24, 2.45) is 0 Å². The molecule has 0 radical (unpaired) electrons. The lowest BCUT2D eigenvalue weighted by Gasteiger charge is -2.30. The molecule has 0 fully saturated rings. The van der Waals surface area contributed by atoms with Crippen molar-refractivity contribution >= 4 is 21.8 Å². The molecule has 0 aliphatic carbocycles. The highest BCUT2D eigenvalue weighted by atomic mass is 15.2. The minimum atomic E-state index is 0.580. The fourth-order valence-electron chi connectivity index (χ4n) is 4.00. The molecule has 0 aliphatic rings. The van der Waals surface area contributed by atoms with Crippen LogP contribution in [0.5, 0.6) is 0 Å². The van der Waals surface area contributed by atoms with E-state index in [-0.39, 0.29) is 0 Å². The number of benzene rings is 2. The third kappa shape index (κ3) is 2.95. The van der Waals surface area contributed by atoms with Crippen molar-refractivity contribution in [3.05, 3.63) is 47.0 Å². The van der Waals surface area contributed by atoms with Gasteiger partial charge in [-0.15, -0.1) is 0 Å². The van der Waals surface area contributed by atoms with Gasteiger partial charge in [-0.3, -0.25) is 4.90 Å². The Labute approximate surface area is 145 Å². The number of hydrogen-bond donors (Lipinski definition) is 1. The fourth-order valence-corrected chi connectivity index (χ4v) is 4.00. The van der Waals surface area contributed by atoms with E-state index in [4.69, 9.17) is 0 Å². The summed E-state index contributed by atoms with van der Waals surface area (Å²) in [6, 6.07) is 12.3. The van der Waals surface area contributed by atoms with Crippen LogP contribution in [0.2, 0.25) is 0 Å². The highest BCUT2D eigenvalue weighted by molar-refractivity contribution is 6.11. The lowest BCUT2D eigenvalue weighted by Crippen LogP contribution is -2.38. The van der Waals surface area contributed by atoms with Gasteiger partial charge in [-0.2, -0.15) is 0 Å². The number of rotatable bonds is 5. The van der Waals surface area contributed by atoms with Crippen LogP contribution in [0, 0.1) is 13.8 Å². The Hall–Kier alpha value is -1.80. The number of aryl methyl sites for hydroxylation is 2. The average Bonchev–Trinajstić information content (AvgIpc) is 2.92. The molecule has 0 aliphatic heterocycles. The predicted octanol–water partition coefficient (Wildman–Crippen LogP) is 5.60. The standard InChI is InChI=1S/C22H30N2/c1-14(2)24(15(3)4)13-12-18-8-7-9-19-21(18)20-16(5)10-11-17(6)22(20)23-19/h7-11,14-15,23H,12-13H2,1-6H3. The molecular formula is C22H30N2. The summed E-state index contributed by atoms with van der Waals surface area (Å²) in [7, 11) is 0. The second kappa shape index (κ2) is 6.60. The molecule has 2 heteroatoms.